The van der Waals surface area contributed by atoms with Crippen LogP contribution in [0.3, 0.4) is 0 Å². The molecule has 1 N–H and O–H groups in total. The summed E-state index contributed by atoms with van der Waals surface area (Å²) in [4.78, 5) is 0. The predicted molar refractivity (Wildman–Crippen MR) is 74.7 cm³/mol. The van der Waals surface area contributed by atoms with Gasteiger partial charge in [-0.2, -0.15) is 5.10 Å². The van der Waals surface area contributed by atoms with Crippen molar-refractivity contribution >= 4 is 11.6 Å². The molecule has 4 nitrogen and oxygen atoms in total. The van der Waals surface area contributed by atoms with Gasteiger partial charge in [0.25, 0.3) is 0 Å². The minimum atomic E-state index is 0.687. The van der Waals surface area contributed by atoms with E-state index in [2.05, 4.69) is 10.4 Å². The second-order valence-corrected chi connectivity index (χ2v) is 5.10. The lowest BCUT2D eigenvalue weighted by Crippen LogP contribution is -2.13. The van der Waals surface area contributed by atoms with Crippen molar-refractivity contribution in [3.05, 3.63) is 46.2 Å². The lowest BCUT2D eigenvalue weighted by Gasteiger charge is -2.11. The van der Waals surface area contributed by atoms with Crippen LogP contribution < -0.4 is 10.1 Å². The zero-order chi connectivity index (χ0) is 13.2. The van der Waals surface area contributed by atoms with Gasteiger partial charge in [0.15, 0.2) is 0 Å². The van der Waals surface area contributed by atoms with Gasteiger partial charge in [-0.1, -0.05) is 11.6 Å². The lowest BCUT2D eigenvalue weighted by molar-refractivity contribution is 0.352. The van der Waals surface area contributed by atoms with Gasteiger partial charge < -0.3 is 10.1 Å². The van der Waals surface area contributed by atoms with Crippen molar-refractivity contribution in [2.45, 2.75) is 19.5 Å². The number of hydrogen-bond acceptors (Lipinski definition) is 3. The van der Waals surface area contributed by atoms with Gasteiger partial charge in [-0.15, -0.1) is 0 Å². The van der Waals surface area contributed by atoms with E-state index in [1.807, 2.05) is 36.1 Å². The zero-order valence-corrected chi connectivity index (χ0v) is 11.6. The summed E-state index contributed by atoms with van der Waals surface area (Å²) in [6.45, 7) is 2.22. The van der Waals surface area contributed by atoms with E-state index in [1.54, 1.807) is 0 Å². The fraction of sp³-hybridized carbons (Fsp3) is 0.357. The van der Waals surface area contributed by atoms with E-state index in [4.69, 9.17) is 16.3 Å². The highest BCUT2D eigenvalue weighted by molar-refractivity contribution is 6.30. The number of nitrogens with one attached hydrogen (secondary N) is 1. The van der Waals surface area contributed by atoms with Crippen LogP contribution in [0, 0.1) is 0 Å². The zero-order valence-electron chi connectivity index (χ0n) is 10.8. The monoisotopic (exact) mass is 277 g/mol. The van der Waals surface area contributed by atoms with E-state index in [-0.39, 0.29) is 0 Å². The Morgan fingerprint density at radius 2 is 2.37 bits per heavy atom. The molecule has 0 bridgehead atoms. The molecule has 0 unspecified atom stereocenters. The number of fused-ring (bicyclic) bond motifs is 1. The Bertz CT molecular complexity index is 594. The van der Waals surface area contributed by atoms with Crippen LogP contribution in [-0.4, -0.2) is 23.4 Å². The molecule has 0 amide bonds. The first-order valence-corrected chi connectivity index (χ1v) is 6.75. The molecule has 100 valence electrons. The first-order chi connectivity index (χ1) is 9.28. The summed E-state index contributed by atoms with van der Waals surface area (Å²) in [5.41, 5.74) is 3.44. The van der Waals surface area contributed by atoms with Gasteiger partial charge >= 0.3 is 0 Å². The molecule has 2 aromatic rings. The molecule has 0 spiro atoms. The number of hydrogen-bond donors (Lipinski definition) is 1. The number of ether oxygens (including phenoxy) is 1. The molecule has 0 aliphatic carbocycles. The van der Waals surface area contributed by atoms with E-state index in [0.717, 1.165) is 41.6 Å². The van der Waals surface area contributed by atoms with Gasteiger partial charge in [-0.05, 0) is 30.8 Å². The Balaban J connectivity index is 1.93. The van der Waals surface area contributed by atoms with Crippen LogP contribution in [-0.2, 0) is 19.5 Å². The fourth-order valence-corrected chi connectivity index (χ4v) is 2.72. The highest BCUT2D eigenvalue weighted by Crippen LogP contribution is 2.33. The molecular formula is C14H16ClN3O. The number of halogens is 1. The second-order valence-electron chi connectivity index (χ2n) is 4.66. The smallest absolute Gasteiger partial charge is 0.127 e. The van der Waals surface area contributed by atoms with Gasteiger partial charge in [-0.25, -0.2) is 0 Å². The van der Waals surface area contributed by atoms with E-state index in [0.29, 0.717) is 6.54 Å². The van der Waals surface area contributed by atoms with Crippen molar-refractivity contribution in [2.24, 2.45) is 0 Å². The first-order valence-electron chi connectivity index (χ1n) is 6.37. The normalized spacial score (nSPS) is 13.4. The summed E-state index contributed by atoms with van der Waals surface area (Å²) in [5.74, 6) is 0.982. The molecule has 1 aliphatic rings. The van der Waals surface area contributed by atoms with Crippen LogP contribution in [0.25, 0.3) is 0 Å². The summed E-state index contributed by atoms with van der Waals surface area (Å²) in [7, 11) is 1.93. The van der Waals surface area contributed by atoms with Gasteiger partial charge in [0.05, 0.1) is 18.8 Å². The summed E-state index contributed by atoms with van der Waals surface area (Å²) >= 11 is 6.17. The van der Waals surface area contributed by atoms with Crippen molar-refractivity contribution in [2.75, 3.05) is 13.7 Å². The van der Waals surface area contributed by atoms with Gasteiger partial charge in [0, 0.05) is 29.7 Å². The third kappa shape index (κ3) is 2.46. The number of benzene rings is 1. The quantitative estimate of drug-likeness (QED) is 0.932. The SMILES string of the molecule is CNCc1ccnn1Cc1cc(Cl)cc2c1OCC2. The Morgan fingerprint density at radius 3 is 3.21 bits per heavy atom. The number of nitrogens with zero attached hydrogens (tertiary/aromatic N) is 2. The fourth-order valence-electron chi connectivity index (χ4n) is 2.46. The molecular weight excluding hydrogens is 262 g/mol. The van der Waals surface area contributed by atoms with Crippen molar-refractivity contribution in [1.29, 1.82) is 0 Å². The third-order valence-corrected chi connectivity index (χ3v) is 3.53. The van der Waals surface area contributed by atoms with Gasteiger partial charge in [-0.3, -0.25) is 4.68 Å². The Hall–Kier alpha value is -1.52. The van der Waals surface area contributed by atoms with Crippen molar-refractivity contribution in [3.63, 3.8) is 0 Å². The standard InChI is InChI=1S/C14H16ClN3O/c1-16-8-13-2-4-17-18(13)9-11-7-12(15)6-10-3-5-19-14(10)11/h2,4,6-7,16H,3,5,8-9H2,1H3. The van der Waals surface area contributed by atoms with Crippen molar-refractivity contribution < 1.29 is 4.74 Å². The van der Waals surface area contributed by atoms with Crippen LogP contribution in [0.15, 0.2) is 24.4 Å². The molecule has 5 heteroatoms. The molecule has 2 heterocycles. The topological polar surface area (TPSA) is 39.1 Å². The largest absolute Gasteiger partial charge is 0.493 e. The maximum Gasteiger partial charge on any atom is 0.127 e. The summed E-state index contributed by atoms with van der Waals surface area (Å²) < 4.78 is 7.69. The first kappa shape index (κ1) is 12.5. The lowest BCUT2D eigenvalue weighted by atomic mass is 10.1. The minimum absolute atomic E-state index is 0.687. The maximum absolute atomic E-state index is 6.17. The van der Waals surface area contributed by atoms with Gasteiger partial charge in [0.1, 0.15) is 5.75 Å². The molecule has 0 fully saturated rings. The molecule has 0 atom stereocenters. The molecule has 1 aromatic heterocycles. The van der Waals surface area contributed by atoms with E-state index >= 15 is 0 Å². The van der Waals surface area contributed by atoms with Crippen LogP contribution >= 0.6 is 11.6 Å². The molecule has 3 rings (SSSR count). The Morgan fingerprint density at radius 1 is 1.47 bits per heavy atom. The van der Waals surface area contributed by atoms with E-state index < -0.39 is 0 Å². The second kappa shape index (κ2) is 5.23. The van der Waals surface area contributed by atoms with E-state index in [9.17, 15) is 0 Å². The average Bonchev–Trinajstić information content (AvgIpc) is 2.99. The molecule has 0 saturated carbocycles. The summed E-state index contributed by atoms with van der Waals surface area (Å²) in [6.07, 6.45) is 2.75. The van der Waals surface area contributed by atoms with Crippen LogP contribution in [0.1, 0.15) is 16.8 Å². The number of rotatable bonds is 4. The van der Waals surface area contributed by atoms with Crippen LogP contribution in [0.5, 0.6) is 5.75 Å². The number of aromatic nitrogens is 2. The molecule has 1 aromatic carbocycles. The molecule has 0 saturated heterocycles. The molecule has 0 radical (unpaired) electrons. The highest BCUT2D eigenvalue weighted by Gasteiger charge is 2.18. The third-order valence-electron chi connectivity index (χ3n) is 3.31. The van der Waals surface area contributed by atoms with Crippen molar-refractivity contribution in [3.8, 4) is 5.75 Å². The van der Waals surface area contributed by atoms with E-state index in [1.165, 1.54) is 5.56 Å². The predicted octanol–water partition coefficient (Wildman–Crippen LogP) is 2.24. The Kier molecular flexibility index (Phi) is 3.44. The van der Waals surface area contributed by atoms with Gasteiger partial charge in [0.2, 0.25) is 0 Å². The van der Waals surface area contributed by atoms with Crippen LogP contribution in [0.2, 0.25) is 5.02 Å². The highest BCUT2D eigenvalue weighted by atomic mass is 35.5. The summed E-state index contributed by atoms with van der Waals surface area (Å²) in [5, 5.41) is 8.27. The average molecular weight is 278 g/mol. The Labute approximate surface area is 117 Å². The molecule has 1 aliphatic heterocycles. The molecule has 19 heavy (non-hydrogen) atoms. The summed E-state index contributed by atoms with van der Waals surface area (Å²) in [6, 6.07) is 5.98. The van der Waals surface area contributed by atoms with Crippen molar-refractivity contribution in [1.82, 2.24) is 15.1 Å². The minimum Gasteiger partial charge on any atom is -0.493 e. The van der Waals surface area contributed by atoms with Crippen LogP contribution in [0.4, 0.5) is 0 Å². The maximum atomic E-state index is 6.17.